The molecular weight excluding hydrogens is 326 g/mol. The fourth-order valence-corrected chi connectivity index (χ4v) is 3.96. The second-order valence-electron chi connectivity index (χ2n) is 6.41. The van der Waals surface area contributed by atoms with E-state index in [1.807, 2.05) is 0 Å². The fraction of sp³-hybridized carbons (Fsp3) is 0.750. The van der Waals surface area contributed by atoms with E-state index in [9.17, 15) is 9.59 Å². The van der Waals surface area contributed by atoms with Gasteiger partial charge in [0.15, 0.2) is 0 Å². The van der Waals surface area contributed by atoms with E-state index in [1.54, 1.807) is 23.9 Å². The number of piperidine rings is 1. The number of hydrogen-bond donors (Lipinski definition) is 1. The van der Waals surface area contributed by atoms with Gasteiger partial charge in [-0.05, 0) is 25.7 Å². The Labute approximate surface area is 147 Å². The molecule has 0 spiro atoms. The van der Waals surface area contributed by atoms with E-state index in [4.69, 9.17) is 0 Å². The molecule has 1 aromatic heterocycles. The van der Waals surface area contributed by atoms with E-state index in [2.05, 4.69) is 29.4 Å². The molecule has 1 aromatic rings. The molecule has 1 unspecified atom stereocenters. The molecule has 0 radical (unpaired) electrons. The molecule has 7 nitrogen and oxygen atoms in total. The number of amides is 3. The normalized spacial score (nSPS) is 17.9. The summed E-state index contributed by atoms with van der Waals surface area (Å²) < 4.78 is 0. The Morgan fingerprint density at radius 3 is 2.67 bits per heavy atom. The minimum absolute atomic E-state index is 0.0422. The van der Waals surface area contributed by atoms with Crippen molar-refractivity contribution >= 4 is 28.4 Å². The molecule has 1 aliphatic heterocycles. The Balaban J connectivity index is 1.95. The van der Waals surface area contributed by atoms with Crippen LogP contribution in [0.2, 0.25) is 0 Å². The zero-order valence-electron chi connectivity index (χ0n) is 14.9. The third-order valence-corrected chi connectivity index (χ3v) is 5.45. The zero-order valence-corrected chi connectivity index (χ0v) is 15.7. The summed E-state index contributed by atoms with van der Waals surface area (Å²) in [5.74, 6) is 0.137. The average molecular weight is 353 g/mol. The van der Waals surface area contributed by atoms with Gasteiger partial charge in [0.1, 0.15) is 5.01 Å². The third-order valence-electron chi connectivity index (χ3n) is 4.45. The van der Waals surface area contributed by atoms with Gasteiger partial charge in [0.2, 0.25) is 11.0 Å². The SMILES string of the molecule is CCC(CC)c1nnc(NC(=O)C2CCCN(C(=O)N(C)C)C2)s1. The van der Waals surface area contributed by atoms with E-state index in [1.165, 1.54) is 11.3 Å². The van der Waals surface area contributed by atoms with Crippen LogP contribution in [-0.2, 0) is 4.79 Å². The van der Waals surface area contributed by atoms with E-state index >= 15 is 0 Å². The van der Waals surface area contributed by atoms with Crippen LogP contribution in [0.25, 0.3) is 0 Å². The largest absolute Gasteiger partial charge is 0.331 e. The maximum absolute atomic E-state index is 12.5. The van der Waals surface area contributed by atoms with Gasteiger partial charge in [0.05, 0.1) is 5.92 Å². The molecule has 1 N–H and O–H groups in total. The summed E-state index contributed by atoms with van der Waals surface area (Å²) in [6, 6.07) is -0.0422. The second-order valence-corrected chi connectivity index (χ2v) is 7.42. The van der Waals surface area contributed by atoms with Crippen molar-refractivity contribution in [1.29, 1.82) is 0 Å². The molecule has 0 saturated carbocycles. The number of aromatic nitrogens is 2. The Kier molecular flexibility index (Phi) is 6.53. The van der Waals surface area contributed by atoms with Crippen molar-refractivity contribution in [2.75, 3.05) is 32.5 Å². The van der Waals surface area contributed by atoms with Crippen LogP contribution >= 0.6 is 11.3 Å². The molecule has 24 heavy (non-hydrogen) atoms. The van der Waals surface area contributed by atoms with Crippen LogP contribution in [0.1, 0.15) is 50.5 Å². The van der Waals surface area contributed by atoms with Crippen molar-refractivity contribution in [1.82, 2.24) is 20.0 Å². The minimum atomic E-state index is -0.192. The van der Waals surface area contributed by atoms with E-state index in [0.29, 0.717) is 24.1 Å². The lowest BCUT2D eigenvalue weighted by Crippen LogP contribution is -2.47. The molecule has 0 bridgehead atoms. The van der Waals surface area contributed by atoms with Crippen molar-refractivity contribution in [3.05, 3.63) is 5.01 Å². The fourth-order valence-electron chi connectivity index (χ4n) is 2.94. The Bertz CT molecular complexity index is 571. The van der Waals surface area contributed by atoms with Crippen LogP contribution < -0.4 is 5.32 Å². The second kappa shape index (κ2) is 8.41. The molecular formula is C16H27N5O2S. The van der Waals surface area contributed by atoms with Crippen molar-refractivity contribution in [3.8, 4) is 0 Å². The van der Waals surface area contributed by atoms with Crippen LogP contribution in [0.15, 0.2) is 0 Å². The number of anilines is 1. The summed E-state index contributed by atoms with van der Waals surface area (Å²) in [6.45, 7) is 5.43. The molecule has 1 atom stereocenters. The van der Waals surface area contributed by atoms with Crippen LogP contribution in [0, 0.1) is 5.92 Å². The third kappa shape index (κ3) is 4.43. The van der Waals surface area contributed by atoms with Crippen LogP contribution in [0.4, 0.5) is 9.93 Å². The molecule has 1 saturated heterocycles. The summed E-state index contributed by atoms with van der Waals surface area (Å²) >= 11 is 1.45. The summed E-state index contributed by atoms with van der Waals surface area (Å²) in [7, 11) is 3.46. The minimum Gasteiger partial charge on any atom is -0.331 e. The van der Waals surface area contributed by atoms with Gasteiger partial charge in [-0.2, -0.15) is 0 Å². The number of likely N-dealkylation sites (tertiary alicyclic amines) is 1. The average Bonchev–Trinajstić information content (AvgIpc) is 3.03. The standard InChI is InChI=1S/C16H27N5O2S/c1-5-11(6-2)14-18-19-15(24-14)17-13(22)12-8-7-9-21(10-12)16(23)20(3)4/h11-12H,5-10H2,1-4H3,(H,17,19,22). The molecule has 1 aliphatic rings. The number of rotatable bonds is 5. The lowest BCUT2D eigenvalue weighted by atomic mass is 9.97. The summed E-state index contributed by atoms with van der Waals surface area (Å²) in [5, 5.41) is 12.7. The topological polar surface area (TPSA) is 78.4 Å². The number of hydrogen-bond acceptors (Lipinski definition) is 5. The molecule has 3 amide bonds. The molecule has 8 heteroatoms. The van der Waals surface area contributed by atoms with Crippen molar-refractivity contribution in [3.63, 3.8) is 0 Å². The zero-order chi connectivity index (χ0) is 17.7. The number of carbonyl (C=O) groups is 2. The highest BCUT2D eigenvalue weighted by molar-refractivity contribution is 7.15. The monoisotopic (exact) mass is 353 g/mol. The van der Waals surface area contributed by atoms with Gasteiger partial charge in [0, 0.05) is 33.1 Å². The highest BCUT2D eigenvalue weighted by Crippen LogP contribution is 2.28. The summed E-state index contributed by atoms with van der Waals surface area (Å²) in [5.41, 5.74) is 0. The molecule has 2 heterocycles. The number of nitrogens with zero attached hydrogens (tertiary/aromatic N) is 4. The first-order valence-electron chi connectivity index (χ1n) is 8.56. The quantitative estimate of drug-likeness (QED) is 0.883. The van der Waals surface area contributed by atoms with Crippen LogP contribution in [0.5, 0.6) is 0 Å². The highest BCUT2D eigenvalue weighted by Gasteiger charge is 2.29. The lowest BCUT2D eigenvalue weighted by molar-refractivity contribution is -0.121. The van der Waals surface area contributed by atoms with Crippen molar-refractivity contribution < 1.29 is 9.59 Å². The first kappa shape index (κ1) is 18.6. The van der Waals surface area contributed by atoms with Gasteiger partial charge in [-0.25, -0.2) is 4.79 Å². The number of carbonyl (C=O) groups excluding carboxylic acids is 2. The number of urea groups is 1. The lowest BCUT2D eigenvalue weighted by Gasteiger charge is -2.33. The maximum atomic E-state index is 12.5. The summed E-state index contributed by atoms with van der Waals surface area (Å²) in [6.07, 6.45) is 3.67. The molecule has 2 rings (SSSR count). The smallest absolute Gasteiger partial charge is 0.319 e. The maximum Gasteiger partial charge on any atom is 0.319 e. The van der Waals surface area contributed by atoms with E-state index in [0.717, 1.165) is 30.7 Å². The van der Waals surface area contributed by atoms with Crippen molar-refractivity contribution in [2.45, 2.75) is 45.4 Å². The first-order chi connectivity index (χ1) is 11.5. The predicted octanol–water partition coefficient (Wildman–Crippen LogP) is 2.77. The predicted molar refractivity (Wildman–Crippen MR) is 95.2 cm³/mol. The van der Waals surface area contributed by atoms with Crippen LogP contribution in [0.3, 0.4) is 0 Å². The van der Waals surface area contributed by atoms with Gasteiger partial charge < -0.3 is 15.1 Å². The Morgan fingerprint density at radius 2 is 2.04 bits per heavy atom. The van der Waals surface area contributed by atoms with Gasteiger partial charge in [-0.3, -0.25) is 4.79 Å². The first-order valence-corrected chi connectivity index (χ1v) is 9.38. The van der Waals surface area contributed by atoms with E-state index < -0.39 is 0 Å². The van der Waals surface area contributed by atoms with Crippen molar-refractivity contribution in [2.24, 2.45) is 5.92 Å². The molecule has 0 aromatic carbocycles. The van der Waals surface area contributed by atoms with Gasteiger partial charge in [-0.15, -0.1) is 10.2 Å². The molecule has 1 fully saturated rings. The highest BCUT2D eigenvalue weighted by atomic mass is 32.1. The van der Waals surface area contributed by atoms with Gasteiger partial charge >= 0.3 is 6.03 Å². The van der Waals surface area contributed by atoms with Gasteiger partial charge in [0.25, 0.3) is 0 Å². The van der Waals surface area contributed by atoms with E-state index in [-0.39, 0.29) is 17.9 Å². The number of nitrogens with one attached hydrogen (secondary N) is 1. The Morgan fingerprint density at radius 1 is 1.33 bits per heavy atom. The van der Waals surface area contributed by atoms with Crippen LogP contribution in [-0.4, -0.2) is 59.1 Å². The molecule has 0 aliphatic carbocycles. The summed E-state index contributed by atoms with van der Waals surface area (Å²) in [4.78, 5) is 27.9. The molecule has 134 valence electrons. The Hall–Kier alpha value is -1.70. The van der Waals surface area contributed by atoms with Gasteiger partial charge in [-0.1, -0.05) is 25.2 Å².